The predicted octanol–water partition coefficient (Wildman–Crippen LogP) is 1.82. The second kappa shape index (κ2) is 5.61. The number of morpholine rings is 1. The molecular formula is C11H16ClNO4S. The van der Waals surface area contributed by atoms with Crippen LogP contribution in [-0.2, 0) is 20.6 Å². The normalized spacial score (nSPS) is 22.2. The smallest absolute Gasteiger partial charge is 0.276 e. The molecule has 0 radical (unpaired) electrons. The minimum atomic E-state index is -3.57. The van der Waals surface area contributed by atoms with Crippen molar-refractivity contribution < 1.29 is 17.6 Å². The van der Waals surface area contributed by atoms with E-state index in [0.717, 1.165) is 6.42 Å². The van der Waals surface area contributed by atoms with E-state index in [1.165, 1.54) is 10.4 Å². The third-order valence-electron chi connectivity index (χ3n) is 2.92. The number of sulfonamides is 1. The van der Waals surface area contributed by atoms with Crippen molar-refractivity contribution in [2.24, 2.45) is 0 Å². The molecule has 1 saturated heterocycles. The molecule has 1 aliphatic heterocycles. The molecule has 0 amide bonds. The summed E-state index contributed by atoms with van der Waals surface area (Å²) in [5.74, 6) is 0.617. The van der Waals surface area contributed by atoms with Gasteiger partial charge in [-0.15, -0.1) is 11.6 Å². The molecule has 1 fully saturated rings. The number of nitrogens with zero attached hydrogens (tertiary/aromatic N) is 1. The fourth-order valence-electron chi connectivity index (χ4n) is 1.85. The fourth-order valence-corrected chi connectivity index (χ4v) is 3.38. The molecule has 0 N–H and O–H groups in total. The number of halogens is 1. The van der Waals surface area contributed by atoms with Gasteiger partial charge in [0.25, 0.3) is 10.0 Å². The first-order valence-electron chi connectivity index (χ1n) is 5.84. The first-order chi connectivity index (χ1) is 8.57. The summed E-state index contributed by atoms with van der Waals surface area (Å²) in [4.78, 5) is 0. The number of hydrogen-bond donors (Lipinski definition) is 0. The third-order valence-corrected chi connectivity index (χ3v) is 4.92. The molecule has 0 saturated carbocycles. The Morgan fingerprint density at radius 2 is 2.28 bits per heavy atom. The Bertz CT molecular complexity index is 499. The van der Waals surface area contributed by atoms with Crippen LogP contribution in [0.15, 0.2) is 21.6 Å². The van der Waals surface area contributed by atoms with Gasteiger partial charge in [0.15, 0.2) is 0 Å². The van der Waals surface area contributed by atoms with E-state index in [1.54, 1.807) is 6.07 Å². The summed E-state index contributed by atoms with van der Waals surface area (Å²) in [5.41, 5.74) is 0. The Balaban J connectivity index is 2.19. The van der Waals surface area contributed by atoms with Gasteiger partial charge >= 0.3 is 0 Å². The summed E-state index contributed by atoms with van der Waals surface area (Å²) in [6.07, 6.45) is 0.743. The molecular weight excluding hydrogens is 278 g/mol. The molecule has 0 aliphatic carbocycles. The zero-order valence-corrected chi connectivity index (χ0v) is 11.7. The van der Waals surface area contributed by atoms with Crippen LogP contribution in [-0.4, -0.2) is 38.5 Å². The number of rotatable bonds is 4. The van der Waals surface area contributed by atoms with Gasteiger partial charge in [-0.25, -0.2) is 8.42 Å². The highest BCUT2D eigenvalue weighted by Crippen LogP contribution is 2.22. The summed E-state index contributed by atoms with van der Waals surface area (Å²) in [5, 5.41) is -0.0464. The lowest BCUT2D eigenvalue weighted by Gasteiger charge is -2.30. The Labute approximate surface area is 112 Å². The van der Waals surface area contributed by atoms with Crippen LogP contribution in [0, 0.1) is 0 Å². The SMILES string of the molecule is CCC1CN(S(=O)(=O)c2ccc(CCl)o2)CCO1. The minimum Gasteiger partial charge on any atom is -0.447 e. The maximum atomic E-state index is 12.3. The molecule has 0 spiro atoms. The molecule has 0 aromatic carbocycles. The van der Waals surface area contributed by atoms with Crippen LogP contribution in [0.1, 0.15) is 19.1 Å². The van der Waals surface area contributed by atoms with E-state index < -0.39 is 10.0 Å². The molecule has 1 aliphatic rings. The van der Waals surface area contributed by atoms with Gasteiger partial charge in [-0.1, -0.05) is 6.92 Å². The van der Waals surface area contributed by atoms with Crippen LogP contribution in [0.25, 0.3) is 0 Å². The first kappa shape index (κ1) is 13.9. The molecule has 2 rings (SSSR count). The van der Waals surface area contributed by atoms with Crippen LogP contribution in [0.2, 0.25) is 0 Å². The van der Waals surface area contributed by atoms with Crippen molar-refractivity contribution in [2.75, 3.05) is 19.7 Å². The van der Waals surface area contributed by atoms with Gasteiger partial charge in [0.1, 0.15) is 5.76 Å². The summed E-state index contributed by atoms with van der Waals surface area (Å²) in [6, 6.07) is 3.03. The van der Waals surface area contributed by atoms with E-state index in [1.807, 2.05) is 6.92 Å². The van der Waals surface area contributed by atoms with E-state index in [9.17, 15) is 8.42 Å². The fraction of sp³-hybridized carbons (Fsp3) is 0.636. The maximum absolute atomic E-state index is 12.3. The van der Waals surface area contributed by atoms with E-state index >= 15 is 0 Å². The van der Waals surface area contributed by atoms with Gasteiger partial charge in [0.2, 0.25) is 5.09 Å². The van der Waals surface area contributed by atoms with E-state index in [4.69, 9.17) is 20.8 Å². The van der Waals surface area contributed by atoms with Crippen LogP contribution >= 0.6 is 11.6 Å². The van der Waals surface area contributed by atoms with E-state index in [0.29, 0.717) is 25.5 Å². The lowest BCUT2D eigenvalue weighted by atomic mass is 10.2. The van der Waals surface area contributed by atoms with E-state index in [2.05, 4.69) is 0 Å². The lowest BCUT2D eigenvalue weighted by Crippen LogP contribution is -2.45. The molecule has 7 heteroatoms. The molecule has 1 aromatic rings. The first-order valence-corrected chi connectivity index (χ1v) is 7.81. The van der Waals surface area contributed by atoms with Gasteiger partial charge in [-0.05, 0) is 18.6 Å². The van der Waals surface area contributed by atoms with Crippen molar-refractivity contribution in [1.29, 1.82) is 0 Å². The van der Waals surface area contributed by atoms with Crippen LogP contribution in [0.5, 0.6) is 0 Å². The average Bonchev–Trinajstić information content (AvgIpc) is 2.88. The molecule has 0 bridgehead atoms. The molecule has 1 unspecified atom stereocenters. The molecule has 2 heterocycles. The second-order valence-corrected chi connectivity index (χ2v) is 6.25. The number of ether oxygens (including phenoxy) is 1. The topological polar surface area (TPSA) is 59.8 Å². The summed E-state index contributed by atoms with van der Waals surface area (Å²) in [7, 11) is -3.57. The van der Waals surface area contributed by atoms with Crippen molar-refractivity contribution in [1.82, 2.24) is 4.31 Å². The highest BCUT2D eigenvalue weighted by Gasteiger charge is 2.32. The van der Waals surface area contributed by atoms with Gasteiger partial charge in [0.05, 0.1) is 18.6 Å². The number of alkyl halides is 1. The van der Waals surface area contributed by atoms with Crippen LogP contribution in [0.4, 0.5) is 0 Å². The van der Waals surface area contributed by atoms with E-state index in [-0.39, 0.29) is 17.1 Å². The van der Waals surface area contributed by atoms with Crippen molar-refractivity contribution >= 4 is 21.6 Å². The molecule has 5 nitrogen and oxygen atoms in total. The van der Waals surface area contributed by atoms with Gasteiger partial charge in [-0.3, -0.25) is 0 Å². The lowest BCUT2D eigenvalue weighted by molar-refractivity contribution is -0.00314. The van der Waals surface area contributed by atoms with Gasteiger partial charge in [-0.2, -0.15) is 4.31 Å². The zero-order valence-electron chi connectivity index (χ0n) is 10.1. The molecule has 1 aromatic heterocycles. The van der Waals surface area contributed by atoms with Gasteiger partial charge < -0.3 is 9.15 Å². The van der Waals surface area contributed by atoms with Crippen molar-refractivity contribution in [3.8, 4) is 0 Å². The maximum Gasteiger partial charge on any atom is 0.276 e. The van der Waals surface area contributed by atoms with Crippen molar-refractivity contribution in [3.05, 3.63) is 17.9 Å². The number of hydrogen-bond acceptors (Lipinski definition) is 4. The number of furan rings is 1. The van der Waals surface area contributed by atoms with Gasteiger partial charge in [0, 0.05) is 13.1 Å². The average molecular weight is 294 g/mol. The highest BCUT2D eigenvalue weighted by atomic mass is 35.5. The highest BCUT2D eigenvalue weighted by molar-refractivity contribution is 7.89. The Hall–Kier alpha value is -0.560. The van der Waals surface area contributed by atoms with Crippen molar-refractivity contribution in [2.45, 2.75) is 30.4 Å². The molecule has 18 heavy (non-hydrogen) atoms. The van der Waals surface area contributed by atoms with Crippen LogP contribution in [0.3, 0.4) is 0 Å². The largest absolute Gasteiger partial charge is 0.447 e. The quantitative estimate of drug-likeness (QED) is 0.795. The minimum absolute atomic E-state index is 0.0454. The monoisotopic (exact) mass is 293 g/mol. The standard InChI is InChI=1S/C11H16ClNO4S/c1-2-9-8-13(5-6-16-9)18(14,15)11-4-3-10(7-12)17-11/h3-4,9H,2,5-8H2,1H3. The van der Waals surface area contributed by atoms with Crippen molar-refractivity contribution in [3.63, 3.8) is 0 Å². The summed E-state index contributed by atoms with van der Waals surface area (Å²) in [6.45, 7) is 3.12. The molecule has 102 valence electrons. The zero-order chi connectivity index (χ0) is 13.2. The van der Waals surface area contributed by atoms with Crippen LogP contribution < -0.4 is 0 Å². The summed E-state index contributed by atoms with van der Waals surface area (Å²) >= 11 is 5.60. The summed E-state index contributed by atoms with van der Waals surface area (Å²) < 4.78 is 36.7. The Morgan fingerprint density at radius 1 is 1.50 bits per heavy atom. The third kappa shape index (κ3) is 2.71. The predicted molar refractivity (Wildman–Crippen MR) is 67.1 cm³/mol. The second-order valence-electron chi connectivity index (χ2n) is 4.12. The molecule has 1 atom stereocenters. The Kier molecular flexibility index (Phi) is 4.32. The Morgan fingerprint density at radius 3 is 2.89 bits per heavy atom.